The van der Waals surface area contributed by atoms with Gasteiger partial charge in [-0.05, 0) is 30.8 Å². The summed E-state index contributed by atoms with van der Waals surface area (Å²) in [5, 5.41) is 31.2. The number of methoxy groups -OCH3 is 2. The molecule has 0 amide bonds. The summed E-state index contributed by atoms with van der Waals surface area (Å²) in [5.41, 5.74) is 0.929. The van der Waals surface area contributed by atoms with Crippen LogP contribution in [0.15, 0.2) is 36.4 Å². The molecule has 8 heteroatoms. The summed E-state index contributed by atoms with van der Waals surface area (Å²) in [6.07, 6.45) is -0.841. The molecule has 1 atom stereocenters. The summed E-state index contributed by atoms with van der Waals surface area (Å²) >= 11 is 0. The zero-order valence-electron chi connectivity index (χ0n) is 14.9. The smallest absolute Gasteiger partial charge is 0.277 e. The standard InChI is InChI=1S/C18H22N2O6/c1-19(11-16(22)12-5-4-6-14(21)7-12)10-13-8-17(25-2)18(26-3)9-15(13)20(23)24/h4-9,16,21-22H,10-11H2,1-3H3. The van der Waals surface area contributed by atoms with Gasteiger partial charge in [-0.1, -0.05) is 12.1 Å². The Bertz CT molecular complexity index is 780. The predicted octanol–water partition coefficient (Wildman–Crippen LogP) is 2.48. The van der Waals surface area contributed by atoms with E-state index in [2.05, 4.69) is 0 Å². The molecule has 0 heterocycles. The molecule has 0 radical (unpaired) electrons. The van der Waals surface area contributed by atoms with E-state index in [0.717, 1.165) is 0 Å². The van der Waals surface area contributed by atoms with E-state index in [1.165, 1.54) is 32.4 Å². The maximum absolute atomic E-state index is 11.4. The lowest BCUT2D eigenvalue weighted by atomic mass is 10.1. The first-order valence-electron chi connectivity index (χ1n) is 7.90. The van der Waals surface area contributed by atoms with Crippen LogP contribution in [0.5, 0.6) is 17.2 Å². The number of aliphatic hydroxyl groups is 1. The predicted molar refractivity (Wildman–Crippen MR) is 95.6 cm³/mol. The Balaban J connectivity index is 2.19. The number of rotatable bonds is 8. The van der Waals surface area contributed by atoms with E-state index in [4.69, 9.17) is 9.47 Å². The van der Waals surface area contributed by atoms with Crippen molar-refractivity contribution in [1.29, 1.82) is 0 Å². The van der Waals surface area contributed by atoms with Crippen LogP contribution in [-0.2, 0) is 6.54 Å². The molecule has 2 aromatic rings. The van der Waals surface area contributed by atoms with E-state index in [9.17, 15) is 20.3 Å². The van der Waals surface area contributed by atoms with Gasteiger partial charge in [0.2, 0.25) is 0 Å². The van der Waals surface area contributed by atoms with Crippen molar-refractivity contribution < 1.29 is 24.6 Å². The lowest BCUT2D eigenvalue weighted by Crippen LogP contribution is -2.24. The molecule has 1 unspecified atom stereocenters. The first kappa shape index (κ1) is 19.5. The molecule has 0 aliphatic heterocycles. The third-order valence-corrected chi connectivity index (χ3v) is 3.96. The average Bonchev–Trinajstić information content (AvgIpc) is 2.60. The van der Waals surface area contributed by atoms with E-state index in [-0.39, 0.29) is 30.3 Å². The number of nitrogens with zero attached hydrogens (tertiary/aromatic N) is 2. The highest BCUT2D eigenvalue weighted by molar-refractivity contribution is 5.54. The van der Waals surface area contributed by atoms with Crippen molar-refractivity contribution in [3.05, 3.63) is 57.6 Å². The summed E-state index contributed by atoms with van der Waals surface area (Å²) in [5.74, 6) is 0.750. The molecular weight excluding hydrogens is 340 g/mol. The van der Waals surface area contributed by atoms with Crippen molar-refractivity contribution in [2.75, 3.05) is 27.8 Å². The highest BCUT2D eigenvalue weighted by Gasteiger charge is 2.21. The van der Waals surface area contributed by atoms with Crippen molar-refractivity contribution in [2.45, 2.75) is 12.6 Å². The van der Waals surface area contributed by atoms with E-state index in [1.807, 2.05) is 0 Å². The van der Waals surface area contributed by atoms with Gasteiger partial charge in [0.1, 0.15) is 5.75 Å². The molecule has 0 bridgehead atoms. The lowest BCUT2D eigenvalue weighted by Gasteiger charge is -2.21. The molecule has 2 N–H and O–H groups in total. The zero-order chi connectivity index (χ0) is 19.3. The topological polar surface area (TPSA) is 105 Å². The van der Waals surface area contributed by atoms with Crippen molar-refractivity contribution in [3.63, 3.8) is 0 Å². The first-order chi connectivity index (χ1) is 12.3. The number of benzene rings is 2. The number of ether oxygens (including phenoxy) is 2. The number of likely N-dealkylation sites (N-methyl/N-ethyl adjacent to an activating group) is 1. The maximum atomic E-state index is 11.4. The van der Waals surface area contributed by atoms with Crippen LogP contribution >= 0.6 is 0 Å². The maximum Gasteiger partial charge on any atom is 0.277 e. The lowest BCUT2D eigenvalue weighted by molar-refractivity contribution is -0.385. The van der Waals surface area contributed by atoms with Crippen LogP contribution in [0.25, 0.3) is 0 Å². The summed E-state index contributed by atoms with van der Waals surface area (Å²) in [7, 11) is 4.62. The van der Waals surface area contributed by atoms with Crippen LogP contribution in [0, 0.1) is 10.1 Å². The van der Waals surface area contributed by atoms with Crippen molar-refractivity contribution in [3.8, 4) is 17.2 Å². The molecule has 0 aromatic heterocycles. The van der Waals surface area contributed by atoms with Gasteiger partial charge in [0.15, 0.2) is 11.5 Å². The first-order valence-corrected chi connectivity index (χ1v) is 7.90. The molecule has 0 saturated carbocycles. The van der Waals surface area contributed by atoms with Crippen LogP contribution in [-0.4, -0.2) is 47.8 Å². The summed E-state index contributed by atoms with van der Waals surface area (Å²) in [6.45, 7) is 0.460. The number of nitro benzene ring substituents is 1. The Morgan fingerprint density at radius 2 is 1.85 bits per heavy atom. The second-order valence-electron chi connectivity index (χ2n) is 5.90. The normalized spacial score (nSPS) is 12.0. The van der Waals surface area contributed by atoms with Gasteiger partial charge in [-0.25, -0.2) is 0 Å². The molecule has 0 saturated heterocycles. The molecule has 8 nitrogen and oxygen atoms in total. The van der Waals surface area contributed by atoms with Gasteiger partial charge in [0, 0.05) is 18.7 Å². The van der Waals surface area contributed by atoms with Gasteiger partial charge >= 0.3 is 0 Å². The second-order valence-corrected chi connectivity index (χ2v) is 5.90. The van der Waals surface area contributed by atoms with E-state index in [1.54, 1.807) is 30.1 Å². The minimum absolute atomic E-state index is 0.0692. The quantitative estimate of drug-likeness (QED) is 0.549. The van der Waals surface area contributed by atoms with Gasteiger partial charge in [-0.2, -0.15) is 0 Å². The minimum atomic E-state index is -0.841. The summed E-state index contributed by atoms with van der Waals surface area (Å²) in [6, 6.07) is 9.25. The molecule has 140 valence electrons. The highest BCUT2D eigenvalue weighted by atomic mass is 16.6. The number of aliphatic hydroxyl groups excluding tert-OH is 1. The Hall–Kier alpha value is -2.84. The summed E-state index contributed by atoms with van der Waals surface area (Å²) < 4.78 is 10.3. The Morgan fingerprint density at radius 1 is 1.19 bits per heavy atom. The fourth-order valence-electron chi connectivity index (χ4n) is 2.69. The highest BCUT2D eigenvalue weighted by Crippen LogP contribution is 2.35. The number of phenolic OH excluding ortho intramolecular Hbond substituents is 1. The molecule has 26 heavy (non-hydrogen) atoms. The Morgan fingerprint density at radius 3 is 2.42 bits per heavy atom. The van der Waals surface area contributed by atoms with Gasteiger partial charge in [0.05, 0.1) is 31.3 Å². The Labute approximate surface area is 151 Å². The molecule has 2 aromatic carbocycles. The molecule has 0 spiro atoms. The van der Waals surface area contributed by atoms with Crippen LogP contribution in [0.2, 0.25) is 0 Å². The van der Waals surface area contributed by atoms with Gasteiger partial charge in [-0.3, -0.25) is 15.0 Å². The fraction of sp³-hybridized carbons (Fsp3) is 0.333. The fourth-order valence-corrected chi connectivity index (χ4v) is 2.69. The molecule has 2 rings (SSSR count). The average molecular weight is 362 g/mol. The number of hydrogen-bond acceptors (Lipinski definition) is 7. The number of phenols is 1. The second kappa shape index (κ2) is 8.50. The molecule has 0 aliphatic rings. The number of aromatic hydroxyl groups is 1. The van der Waals surface area contributed by atoms with Gasteiger partial charge < -0.3 is 19.7 Å². The third-order valence-electron chi connectivity index (χ3n) is 3.96. The minimum Gasteiger partial charge on any atom is -0.508 e. The summed E-state index contributed by atoms with van der Waals surface area (Å²) in [4.78, 5) is 12.6. The monoisotopic (exact) mass is 362 g/mol. The van der Waals surface area contributed by atoms with Crippen LogP contribution in [0.1, 0.15) is 17.2 Å². The van der Waals surface area contributed by atoms with Crippen LogP contribution in [0.3, 0.4) is 0 Å². The van der Waals surface area contributed by atoms with Crippen molar-refractivity contribution >= 4 is 5.69 Å². The molecule has 0 fully saturated rings. The van der Waals surface area contributed by atoms with Crippen LogP contribution < -0.4 is 9.47 Å². The van der Waals surface area contributed by atoms with E-state index in [0.29, 0.717) is 16.9 Å². The van der Waals surface area contributed by atoms with Gasteiger partial charge in [0.25, 0.3) is 5.69 Å². The number of hydrogen-bond donors (Lipinski definition) is 2. The van der Waals surface area contributed by atoms with Crippen molar-refractivity contribution in [1.82, 2.24) is 4.90 Å². The molecule has 0 aliphatic carbocycles. The largest absolute Gasteiger partial charge is 0.508 e. The SMILES string of the molecule is COc1cc(CN(C)CC(O)c2cccc(O)c2)c([N+](=O)[O-])cc1OC. The van der Waals surface area contributed by atoms with Crippen molar-refractivity contribution in [2.24, 2.45) is 0 Å². The van der Waals surface area contributed by atoms with E-state index >= 15 is 0 Å². The Kier molecular flexibility index (Phi) is 6.37. The van der Waals surface area contributed by atoms with E-state index < -0.39 is 11.0 Å². The number of nitro groups is 1. The third kappa shape index (κ3) is 4.62. The zero-order valence-corrected chi connectivity index (χ0v) is 14.9. The molecular formula is C18H22N2O6. The van der Waals surface area contributed by atoms with Gasteiger partial charge in [-0.15, -0.1) is 0 Å². The van der Waals surface area contributed by atoms with Crippen LogP contribution in [0.4, 0.5) is 5.69 Å².